The predicted molar refractivity (Wildman–Crippen MR) is 204 cm³/mol. The molecule has 0 radical (unpaired) electrons. The van der Waals surface area contributed by atoms with Gasteiger partial charge in [0.1, 0.15) is 11.2 Å². The summed E-state index contributed by atoms with van der Waals surface area (Å²) in [7, 11) is 0. The third-order valence-electron chi connectivity index (χ3n) is 10.0. The summed E-state index contributed by atoms with van der Waals surface area (Å²) in [5.41, 5.74) is 7.75. The molecule has 0 aliphatic carbocycles. The molecule has 1 aliphatic rings. The van der Waals surface area contributed by atoms with Crippen molar-refractivity contribution in [1.29, 1.82) is 0 Å². The van der Waals surface area contributed by atoms with Crippen LogP contribution in [0.1, 0.15) is 0 Å². The highest BCUT2D eigenvalue weighted by Gasteiger charge is 2.29. The van der Waals surface area contributed by atoms with E-state index in [1.807, 2.05) is 24.3 Å². The van der Waals surface area contributed by atoms with Gasteiger partial charge in [0.2, 0.25) is 5.95 Å². The lowest BCUT2D eigenvalue weighted by molar-refractivity contribution is 0.669. The van der Waals surface area contributed by atoms with Gasteiger partial charge in [-0.25, -0.2) is 4.98 Å². The van der Waals surface area contributed by atoms with E-state index in [1.54, 1.807) is 0 Å². The van der Waals surface area contributed by atoms with Crippen LogP contribution in [0.15, 0.2) is 162 Å². The largest absolute Gasteiger partial charge is 0.455 e. The zero-order valence-corrected chi connectivity index (χ0v) is 26.7. The number of anilines is 3. The molecule has 5 heteroatoms. The van der Waals surface area contributed by atoms with E-state index in [1.165, 1.54) is 21.7 Å². The molecule has 10 aromatic rings. The van der Waals surface area contributed by atoms with Crippen molar-refractivity contribution in [2.45, 2.75) is 0 Å². The van der Waals surface area contributed by atoms with Gasteiger partial charge in [-0.3, -0.25) is 4.90 Å². The molecule has 2 aromatic heterocycles. The van der Waals surface area contributed by atoms with Crippen LogP contribution in [0.4, 0.5) is 17.3 Å². The van der Waals surface area contributed by atoms with Crippen molar-refractivity contribution in [3.63, 3.8) is 0 Å². The van der Waals surface area contributed by atoms with E-state index in [9.17, 15) is 0 Å². The van der Waals surface area contributed by atoms with E-state index in [0.717, 1.165) is 66.2 Å². The highest BCUT2D eigenvalue weighted by molar-refractivity contribution is 6.15. The first-order chi connectivity index (χ1) is 24.8. The van der Waals surface area contributed by atoms with Gasteiger partial charge in [-0.2, -0.15) is 9.97 Å². The maximum Gasteiger partial charge on any atom is 0.238 e. The zero-order chi connectivity index (χ0) is 32.8. The summed E-state index contributed by atoms with van der Waals surface area (Å²) in [5.74, 6) is 1.70. The first kappa shape index (κ1) is 27.1. The fourth-order valence-corrected chi connectivity index (χ4v) is 7.76. The molecule has 50 heavy (non-hydrogen) atoms. The molecule has 0 bridgehead atoms. The van der Waals surface area contributed by atoms with Crippen LogP contribution in [0, 0.1) is 0 Å². The summed E-state index contributed by atoms with van der Waals surface area (Å²) >= 11 is 0. The molecule has 0 saturated carbocycles. The van der Waals surface area contributed by atoms with Crippen LogP contribution < -0.4 is 4.90 Å². The monoisotopic (exact) mass is 638 g/mol. The molecule has 3 heterocycles. The molecule has 0 spiro atoms. The number of fused-ring (bicyclic) bond motifs is 7. The normalized spacial score (nSPS) is 12.4. The molecule has 0 N–H and O–H groups in total. The first-order valence-electron chi connectivity index (χ1n) is 16.8. The quantitative estimate of drug-likeness (QED) is 0.193. The van der Waals surface area contributed by atoms with Crippen molar-refractivity contribution in [1.82, 2.24) is 15.0 Å². The number of nitrogens with zero attached hydrogens (tertiary/aromatic N) is 4. The second-order valence-corrected chi connectivity index (χ2v) is 12.8. The average Bonchev–Trinajstić information content (AvgIpc) is 3.56. The van der Waals surface area contributed by atoms with Crippen LogP contribution in [0.3, 0.4) is 0 Å². The fraction of sp³-hybridized carbons (Fsp3) is 0. The molecular formula is C45H26N4O. The number of hydrogen-bond acceptors (Lipinski definition) is 5. The topological polar surface area (TPSA) is 55.1 Å². The van der Waals surface area contributed by atoms with E-state index in [2.05, 4.69) is 138 Å². The third-order valence-corrected chi connectivity index (χ3v) is 10.0. The lowest BCUT2D eigenvalue weighted by atomic mass is 9.90. The number of benzene rings is 8. The Labute approximate surface area is 286 Å². The van der Waals surface area contributed by atoms with Crippen molar-refractivity contribution in [3.8, 4) is 33.9 Å². The summed E-state index contributed by atoms with van der Waals surface area (Å²) in [6, 6.07) is 55.1. The summed E-state index contributed by atoms with van der Waals surface area (Å²) in [6.45, 7) is 0. The third kappa shape index (κ3) is 3.92. The summed E-state index contributed by atoms with van der Waals surface area (Å²) < 4.78 is 6.52. The van der Waals surface area contributed by atoms with E-state index in [-0.39, 0.29) is 0 Å². The Morgan fingerprint density at radius 2 is 1.00 bits per heavy atom. The Morgan fingerprint density at radius 1 is 0.400 bits per heavy atom. The smallest absolute Gasteiger partial charge is 0.238 e. The first-order valence-corrected chi connectivity index (χ1v) is 16.8. The fourth-order valence-electron chi connectivity index (χ4n) is 7.76. The summed E-state index contributed by atoms with van der Waals surface area (Å²) in [4.78, 5) is 18.1. The summed E-state index contributed by atoms with van der Waals surface area (Å²) in [5, 5.41) is 8.97. The van der Waals surface area contributed by atoms with Crippen molar-refractivity contribution >= 4 is 71.6 Å². The van der Waals surface area contributed by atoms with Gasteiger partial charge >= 0.3 is 0 Å². The Kier molecular flexibility index (Phi) is 5.60. The maximum atomic E-state index is 6.52. The van der Waals surface area contributed by atoms with E-state index < -0.39 is 0 Å². The summed E-state index contributed by atoms with van der Waals surface area (Å²) in [6.07, 6.45) is 0. The molecule has 232 valence electrons. The van der Waals surface area contributed by atoms with Gasteiger partial charge in [-0.1, -0.05) is 127 Å². The number of para-hydroxylation sites is 2. The van der Waals surface area contributed by atoms with E-state index in [0.29, 0.717) is 17.6 Å². The van der Waals surface area contributed by atoms with Crippen molar-refractivity contribution in [2.24, 2.45) is 0 Å². The molecule has 0 saturated heterocycles. The van der Waals surface area contributed by atoms with E-state index >= 15 is 0 Å². The van der Waals surface area contributed by atoms with Gasteiger partial charge in [0, 0.05) is 27.3 Å². The molecule has 1 aliphatic heterocycles. The maximum absolute atomic E-state index is 6.52. The Balaban J connectivity index is 1.25. The highest BCUT2D eigenvalue weighted by atomic mass is 16.3. The molecule has 5 nitrogen and oxygen atoms in total. The SMILES string of the molecule is c1ccc2cc3c(cc2c1)-c1cccc2cccc(c12)N3c1nc(-c2cccc3ccccc23)nc(-c2cccc3c2oc2ccccc23)n1. The van der Waals surface area contributed by atoms with Gasteiger partial charge in [-0.15, -0.1) is 0 Å². The average molecular weight is 639 g/mol. The number of aromatic nitrogens is 3. The minimum Gasteiger partial charge on any atom is -0.455 e. The van der Waals surface area contributed by atoms with Crippen LogP contribution in [-0.2, 0) is 0 Å². The van der Waals surface area contributed by atoms with Crippen molar-refractivity contribution in [2.75, 3.05) is 4.90 Å². The number of rotatable bonds is 3. The minimum atomic E-state index is 0.546. The Hall–Kier alpha value is -6.85. The van der Waals surface area contributed by atoms with Crippen molar-refractivity contribution in [3.05, 3.63) is 158 Å². The highest BCUT2D eigenvalue weighted by Crippen LogP contribution is 2.51. The van der Waals surface area contributed by atoms with Crippen LogP contribution >= 0.6 is 0 Å². The van der Waals surface area contributed by atoms with Gasteiger partial charge in [0.05, 0.1) is 16.9 Å². The van der Waals surface area contributed by atoms with Gasteiger partial charge in [0.25, 0.3) is 0 Å². The lowest BCUT2D eigenvalue weighted by Gasteiger charge is -2.32. The molecule has 11 rings (SSSR count). The Bertz CT molecular complexity index is 3010. The van der Waals surface area contributed by atoms with Crippen LogP contribution in [0.25, 0.3) is 88.2 Å². The van der Waals surface area contributed by atoms with Gasteiger partial charge in [-0.05, 0) is 62.8 Å². The molecule has 0 amide bonds. The number of furan rings is 1. The predicted octanol–water partition coefficient (Wildman–Crippen LogP) is 12.0. The van der Waals surface area contributed by atoms with Crippen LogP contribution in [0.5, 0.6) is 0 Å². The second-order valence-electron chi connectivity index (χ2n) is 12.8. The zero-order valence-electron chi connectivity index (χ0n) is 26.7. The lowest BCUT2D eigenvalue weighted by Crippen LogP contribution is -2.19. The van der Waals surface area contributed by atoms with Crippen molar-refractivity contribution < 1.29 is 4.42 Å². The minimum absolute atomic E-state index is 0.546. The molecular weight excluding hydrogens is 613 g/mol. The van der Waals surface area contributed by atoms with Crippen LogP contribution in [0.2, 0.25) is 0 Å². The van der Waals surface area contributed by atoms with Gasteiger partial charge in [0.15, 0.2) is 11.6 Å². The Morgan fingerprint density at radius 3 is 1.86 bits per heavy atom. The molecule has 0 unspecified atom stereocenters. The molecule has 0 atom stereocenters. The van der Waals surface area contributed by atoms with Crippen LogP contribution in [-0.4, -0.2) is 15.0 Å². The number of hydrogen-bond donors (Lipinski definition) is 0. The van der Waals surface area contributed by atoms with Gasteiger partial charge < -0.3 is 4.42 Å². The molecule has 8 aromatic carbocycles. The second kappa shape index (κ2) is 10.3. The standard InChI is InChI=1S/C45H26N4O/c1-2-13-30-26-39-37(25-29(30)12-1)33-19-8-15-28-16-9-23-38(41(28)33)49(39)45-47-43(35-21-7-14-27-11-3-4-17-31(27)35)46-44(48-45)36-22-10-20-34-32-18-5-6-24-40(32)50-42(34)36/h1-26H. The molecule has 0 fully saturated rings. The van der Waals surface area contributed by atoms with E-state index in [4.69, 9.17) is 19.4 Å².